The molecule has 0 atom stereocenters. The number of aliphatic imine (C=N–C) groups is 1. The fraction of sp³-hybridized carbons (Fsp3) is 0.714. The van der Waals surface area contributed by atoms with Crippen LogP contribution in [0, 0.1) is 5.92 Å². The fourth-order valence-corrected chi connectivity index (χ4v) is 3.67. The summed E-state index contributed by atoms with van der Waals surface area (Å²) in [5.74, 6) is 0.678. The quantitative estimate of drug-likeness (QED) is 0.332. The summed E-state index contributed by atoms with van der Waals surface area (Å²) in [6.45, 7) is 1.62. The molecular formula is C14H24F3IN6O2S. The van der Waals surface area contributed by atoms with Crippen LogP contribution < -0.4 is 10.6 Å². The summed E-state index contributed by atoms with van der Waals surface area (Å²) in [7, 11) is -3.59. The predicted molar refractivity (Wildman–Crippen MR) is 106 cm³/mol. The lowest BCUT2D eigenvalue weighted by Gasteiger charge is -2.31. The summed E-state index contributed by atoms with van der Waals surface area (Å²) in [6, 6.07) is 0. The molecule has 0 radical (unpaired) electrons. The number of guanidine groups is 1. The third-order valence-corrected chi connectivity index (χ3v) is 5.84. The van der Waals surface area contributed by atoms with Crippen molar-refractivity contribution in [1.82, 2.24) is 24.5 Å². The Bertz CT molecular complexity index is 688. The second-order valence-corrected chi connectivity index (χ2v) is 7.90. The number of hydrogen-bond donors (Lipinski definition) is 2. The van der Waals surface area contributed by atoms with Gasteiger partial charge in [-0.15, -0.1) is 24.0 Å². The molecule has 1 fully saturated rings. The van der Waals surface area contributed by atoms with E-state index in [4.69, 9.17) is 0 Å². The average Bonchev–Trinajstić information content (AvgIpc) is 3.10. The smallest absolute Gasteiger partial charge is 0.356 e. The first-order chi connectivity index (χ1) is 12.2. The second-order valence-electron chi connectivity index (χ2n) is 5.97. The zero-order valence-corrected chi connectivity index (χ0v) is 18.0. The lowest BCUT2D eigenvalue weighted by Crippen LogP contribution is -2.47. The number of rotatable bonds is 6. The van der Waals surface area contributed by atoms with E-state index in [1.165, 1.54) is 0 Å². The molecule has 0 aliphatic carbocycles. The maximum Gasteiger partial charge on any atom is 0.511 e. The molecular weight excluding hydrogens is 500 g/mol. The Kier molecular flexibility index (Phi) is 9.27. The van der Waals surface area contributed by atoms with Crippen molar-refractivity contribution in [2.45, 2.75) is 24.9 Å². The van der Waals surface area contributed by atoms with Gasteiger partial charge in [-0.05, 0) is 18.8 Å². The standard InChI is InChI=1S/C14H23F3N6O2S.HI/c1-18-13(20-5-9-22-8-4-19-11-22)21-10-12-2-6-23(7-3-12)26(24,25)14(15,16)17;/h4,8,11-12H,2-3,5-7,9-10H2,1H3,(H2,18,20,21);1H. The molecule has 0 amide bonds. The van der Waals surface area contributed by atoms with Gasteiger partial charge in [0.1, 0.15) is 0 Å². The van der Waals surface area contributed by atoms with Crippen LogP contribution in [0.25, 0.3) is 0 Å². The van der Waals surface area contributed by atoms with E-state index in [1.807, 2.05) is 10.8 Å². The summed E-state index contributed by atoms with van der Waals surface area (Å²) < 4.78 is 62.9. The molecule has 0 unspecified atom stereocenters. The van der Waals surface area contributed by atoms with Crippen LogP contribution in [0.15, 0.2) is 23.7 Å². The van der Waals surface area contributed by atoms with E-state index < -0.39 is 15.5 Å². The number of halogens is 4. The molecule has 27 heavy (non-hydrogen) atoms. The third-order valence-electron chi connectivity index (χ3n) is 4.21. The summed E-state index contributed by atoms with van der Waals surface area (Å²) >= 11 is 0. The van der Waals surface area contributed by atoms with Gasteiger partial charge in [0.25, 0.3) is 0 Å². The molecule has 2 rings (SSSR count). The molecule has 2 heterocycles. The van der Waals surface area contributed by atoms with Crippen LogP contribution in [0.1, 0.15) is 12.8 Å². The lowest BCUT2D eigenvalue weighted by atomic mass is 9.98. The number of sulfonamides is 1. The number of hydrogen-bond acceptors (Lipinski definition) is 4. The van der Waals surface area contributed by atoms with Gasteiger partial charge in [0.05, 0.1) is 6.33 Å². The van der Waals surface area contributed by atoms with Gasteiger partial charge in [0.2, 0.25) is 0 Å². The van der Waals surface area contributed by atoms with Gasteiger partial charge < -0.3 is 15.2 Å². The van der Waals surface area contributed by atoms with Gasteiger partial charge in [0, 0.05) is 52.2 Å². The maximum absolute atomic E-state index is 12.6. The highest BCUT2D eigenvalue weighted by molar-refractivity contribution is 14.0. The highest BCUT2D eigenvalue weighted by Gasteiger charge is 2.50. The number of piperidine rings is 1. The Morgan fingerprint density at radius 3 is 2.48 bits per heavy atom. The van der Waals surface area contributed by atoms with Gasteiger partial charge in [-0.1, -0.05) is 0 Å². The lowest BCUT2D eigenvalue weighted by molar-refractivity contribution is -0.0496. The molecule has 156 valence electrons. The van der Waals surface area contributed by atoms with Crippen LogP contribution in [-0.4, -0.2) is 67.0 Å². The molecule has 1 aromatic rings. The number of imidazole rings is 1. The van der Waals surface area contributed by atoms with Crippen molar-refractivity contribution in [2.75, 3.05) is 33.2 Å². The molecule has 2 N–H and O–H groups in total. The van der Waals surface area contributed by atoms with Gasteiger partial charge in [0.15, 0.2) is 5.96 Å². The van der Waals surface area contributed by atoms with Gasteiger partial charge >= 0.3 is 15.5 Å². The molecule has 1 aliphatic rings. The van der Waals surface area contributed by atoms with E-state index in [1.54, 1.807) is 19.6 Å². The molecule has 8 nitrogen and oxygen atoms in total. The van der Waals surface area contributed by atoms with Crippen LogP contribution in [-0.2, 0) is 16.6 Å². The monoisotopic (exact) mass is 524 g/mol. The van der Waals surface area contributed by atoms with Crippen molar-refractivity contribution >= 4 is 40.0 Å². The maximum atomic E-state index is 12.6. The van der Waals surface area contributed by atoms with E-state index in [-0.39, 0.29) is 43.0 Å². The zero-order valence-electron chi connectivity index (χ0n) is 14.8. The fourth-order valence-electron chi connectivity index (χ4n) is 2.68. The van der Waals surface area contributed by atoms with E-state index in [2.05, 4.69) is 20.6 Å². The molecule has 0 spiro atoms. The van der Waals surface area contributed by atoms with Crippen LogP contribution in [0.3, 0.4) is 0 Å². The van der Waals surface area contributed by atoms with E-state index in [0.29, 0.717) is 42.7 Å². The minimum atomic E-state index is -5.24. The number of aromatic nitrogens is 2. The van der Waals surface area contributed by atoms with E-state index >= 15 is 0 Å². The molecule has 0 saturated carbocycles. The summed E-state index contributed by atoms with van der Waals surface area (Å²) in [4.78, 5) is 8.04. The number of nitrogens with zero attached hydrogens (tertiary/aromatic N) is 4. The Morgan fingerprint density at radius 1 is 1.30 bits per heavy atom. The number of alkyl halides is 3. The molecule has 1 saturated heterocycles. The van der Waals surface area contributed by atoms with Crippen LogP contribution >= 0.6 is 24.0 Å². The number of nitrogens with one attached hydrogen (secondary N) is 2. The van der Waals surface area contributed by atoms with Gasteiger partial charge in [-0.3, -0.25) is 4.99 Å². The van der Waals surface area contributed by atoms with Gasteiger partial charge in [-0.2, -0.15) is 17.5 Å². The van der Waals surface area contributed by atoms with E-state index in [9.17, 15) is 21.6 Å². The topological polar surface area (TPSA) is 91.6 Å². The Labute approximate surface area is 173 Å². The minimum absolute atomic E-state index is 0. The SMILES string of the molecule is CN=C(NCCn1ccnc1)NCC1CCN(S(=O)(=O)C(F)(F)F)CC1.I. The second kappa shape index (κ2) is 10.5. The van der Waals surface area contributed by atoms with Crippen molar-refractivity contribution in [3.8, 4) is 0 Å². The van der Waals surface area contributed by atoms with Crippen molar-refractivity contribution < 1.29 is 21.6 Å². The zero-order chi connectivity index (χ0) is 19.2. The van der Waals surface area contributed by atoms with Crippen molar-refractivity contribution in [3.63, 3.8) is 0 Å². The normalized spacial score (nSPS) is 17.4. The molecule has 0 bridgehead atoms. The van der Waals surface area contributed by atoms with Crippen molar-refractivity contribution in [1.29, 1.82) is 0 Å². The first-order valence-corrected chi connectivity index (χ1v) is 9.64. The molecule has 1 aliphatic heterocycles. The van der Waals surface area contributed by atoms with Crippen LogP contribution in [0.4, 0.5) is 13.2 Å². The first-order valence-electron chi connectivity index (χ1n) is 8.20. The van der Waals surface area contributed by atoms with Crippen LogP contribution in [0.2, 0.25) is 0 Å². The summed E-state index contributed by atoms with van der Waals surface area (Å²) in [6.07, 6.45) is 5.99. The van der Waals surface area contributed by atoms with E-state index in [0.717, 1.165) is 0 Å². The van der Waals surface area contributed by atoms with Gasteiger partial charge in [-0.25, -0.2) is 13.4 Å². The summed E-state index contributed by atoms with van der Waals surface area (Å²) in [5, 5.41) is 6.26. The predicted octanol–water partition coefficient (Wildman–Crippen LogP) is 1.23. The van der Waals surface area contributed by atoms with Crippen LogP contribution in [0.5, 0.6) is 0 Å². The minimum Gasteiger partial charge on any atom is -0.356 e. The molecule has 0 aromatic carbocycles. The largest absolute Gasteiger partial charge is 0.511 e. The Morgan fingerprint density at radius 2 is 1.96 bits per heavy atom. The Balaban J connectivity index is 0.00000364. The third kappa shape index (κ3) is 6.78. The first kappa shape index (κ1) is 23.9. The highest BCUT2D eigenvalue weighted by atomic mass is 127. The van der Waals surface area contributed by atoms with Crippen molar-refractivity contribution in [3.05, 3.63) is 18.7 Å². The summed E-state index contributed by atoms with van der Waals surface area (Å²) in [5.41, 5.74) is -5.24. The Hall–Kier alpha value is -1.09. The average molecular weight is 524 g/mol. The molecule has 13 heteroatoms. The highest BCUT2D eigenvalue weighted by Crippen LogP contribution is 2.30. The van der Waals surface area contributed by atoms with Crippen molar-refractivity contribution in [2.24, 2.45) is 10.9 Å². The molecule has 1 aromatic heterocycles.